The zero-order valence-electron chi connectivity index (χ0n) is 14.3. The SMILES string of the molecule is Cc1ccc(Cn2c3c(c4cc(N)ccc42)CC(C(=O)O)CC3)cc1. The molecule has 0 spiro atoms. The van der Waals surface area contributed by atoms with Crippen molar-refractivity contribution in [2.45, 2.75) is 32.7 Å². The molecular formula is C21H22N2O2. The summed E-state index contributed by atoms with van der Waals surface area (Å²) in [4.78, 5) is 11.5. The van der Waals surface area contributed by atoms with Crippen molar-refractivity contribution in [3.63, 3.8) is 0 Å². The van der Waals surface area contributed by atoms with Gasteiger partial charge in [0.1, 0.15) is 0 Å². The van der Waals surface area contributed by atoms with Gasteiger partial charge in [-0.25, -0.2) is 0 Å². The van der Waals surface area contributed by atoms with Gasteiger partial charge >= 0.3 is 5.97 Å². The lowest BCUT2D eigenvalue weighted by Crippen LogP contribution is -2.23. The number of hydrogen-bond donors (Lipinski definition) is 2. The number of nitrogens with zero attached hydrogens (tertiary/aromatic N) is 1. The Morgan fingerprint density at radius 1 is 1.24 bits per heavy atom. The van der Waals surface area contributed by atoms with Crippen LogP contribution in [0.2, 0.25) is 0 Å². The van der Waals surface area contributed by atoms with E-state index in [0.29, 0.717) is 12.8 Å². The highest BCUT2D eigenvalue weighted by Crippen LogP contribution is 2.36. The minimum atomic E-state index is -0.700. The number of aliphatic carboxylic acids is 1. The summed E-state index contributed by atoms with van der Waals surface area (Å²) in [5.41, 5.74) is 12.8. The summed E-state index contributed by atoms with van der Waals surface area (Å²) in [6.07, 6.45) is 2.08. The number of anilines is 1. The predicted octanol–water partition coefficient (Wildman–Crippen LogP) is 3.77. The number of carbonyl (C=O) groups is 1. The number of hydrogen-bond acceptors (Lipinski definition) is 2. The molecule has 4 heteroatoms. The van der Waals surface area contributed by atoms with Crippen LogP contribution in [-0.2, 0) is 24.2 Å². The molecule has 1 aliphatic rings. The van der Waals surface area contributed by atoms with Gasteiger partial charge in [-0.05, 0) is 55.5 Å². The molecule has 0 radical (unpaired) electrons. The fraction of sp³-hybridized carbons (Fsp3) is 0.286. The number of carboxylic acid groups (broad SMARTS) is 1. The van der Waals surface area contributed by atoms with Crippen molar-refractivity contribution in [1.29, 1.82) is 0 Å². The first kappa shape index (κ1) is 15.8. The van der Waals surface area contributed by atoms with Crippen molar-refractivity contribution in [2.75, 3.05) is 5.73 Å². The van der Waals surface area contributed by atoms with Crippen molar-refractivity contribution in [3.8, 4) is 0 Å². The monoisotopic (exact) mass is 334 g/mol. The topological polar surface area (TPSA) is 68.2 Å². The van der Waals surface area contributed by atoms with Crippen molar-refractivity contribution in [3.05, 3.63) is 64.8 Å². The number of benzene rings is 2. The number of aryl methyl sites for hydroxylation is 1. The van der Waals surface area contributed by atoms with Gasteiger partial charge in [-0.3, -0.25) is 4.79 Å². The summed E-state index contributed by atoms with van der Waals surface area (Å²) in [5, 5.41) is 10.5. The highest BCUT2D eigenvalue weighted by molar-refractivity contribution is 5.89. The Balaban J connectivity index is 1.84. The van der Waals surface area contributed by atoms with Crippen LogP contribution >= 0.6 is 0 Å². The standard InChI is InChI=1S/C21H22N2O2/c1-13-2-4-14(5-3-13)12-23-19-8-6-15(21(24)25)10-17(19)18-11-16(22)7-9-20(18)23/h2-5,7,9,11,15H,6,8,10,12,22H2,1H3,(H,24,25). The molecule has 0 saturated heterocycles. The van der Waals surface area contributed by atoms with E-state index < -0.39 is 5.97 Å². The molecular weight excluding hydrogens is 312 g/mol. The van der Waals surface area contributed by atoms with Gasteiger partial charge in [0.2, 0.25) is 0 Å². The largest absolute Gasteiger partial charge is 0.481 e. The summed E-state index contributed by atoms with van der Waals surface area (Å²) >= 11 is 0. The molecule has 0 bridgehead atoms. The number of nitrogen functional groups attached to an aromatic ring is 1. The maximum Gasteiger partial charge on any atom is 0.306 e. The number of aromatic nitrogens is 1. The van der Waals surface area contributed by atoms with Crippen LogP contribution in [0.5, 0.6) is 0 Å². The van der Waals surface area contributed by atoms with Gasteiger partial charge in [-0.1, -0.05) is 29.8 Å². The van der Waals surface area contributed by atoms with Crippen LogP contribution in [0.25, 0.3) is 10.9 Å². The molecule has 128 valence electrons. The van der Waals surface area contributed by atoms with Gasteiger partial charge in [0.05, 0.1) is 5.92 Å². The smallest absolute Gasteiger partial charge is 0.306 e. The summed E-state index contributed by atoms with van der Waals surface area (Å²) in [7, 11) is 0. The van der Waals surface area contributed by atoms with E-state index in [1.165, 1.54) is 16.8 Å². The maximum absolute atomic E-state index is 11.5. The molecule has 4 nitrogen and oxygen atoms in total. The van der Waals surface area contributed by atoms with E-state index in [1.54, 1.807) is 0 Å². The Kier molecular flexibility index (Phi) is 3.75. The van der Waals surface area contributed by atoms with Gasteiger partial charge in [-0.2, -0.15) is 0 Å². The molecule has 1 atom stereocenters. The minimum absolute atomic E-state index is 0.299. The van der Waals surface area contributed by atoms with Gasteiger partial charge in [-0.15, -0.1) is 0 Å². The molecule has 2 aromatic carbocycles. The van der Waals surface area contributed by atoms with Crippen LogP contribution in [0.1, 0.15) is 28.8 Å². The zero-order valence-corrected chi connectivity index (χ0v) is 14.3. The molecule has 0 saturated carbocycles. The van der Waals surface area contributed by atoms with Crippen molar-refractivity contribution >= 4 is 22.6 Å². The van der Waals surface area contributed by atoms with Crippen LogP contribution in [0.15, 0.2) is 42.5 Å². The Bertz CT molecular complexity index is 954. The molecule has 1 unspecified atom stereocenters. The number of nitrogens with two attached hydrogens (primary N) is 1. The van der Waals surface area contributed by atoms with E-state index in [2.05, 4.69) is 41.8 Å². The molecule has 0 fully saturated rings. The first-order valence-corrected chi connectivity index (χ1v) is 8.71. The average Bonchev–Trinajstić information content (AvgIpc) is 2.89. The number of fused-ring (bicyclic) bond motifs is 3. The summed E-state index contributed by atoms with van der Waals surface area (Å²) in [6.45, 7) is 2.89. The molecule has 0 amide bonds. The molecule has 4 rings (SSSR count). The highest BCUT2D eigenvalue weighted by Gasteiger charge is 2.29. The lowest BCUT2D eigenvalue weighted by Gasteiger charge is -2.21. The quantitative estimate of drug-likeness (QED) is 0.717. The fourth-order valence-electron chi connectivity index (χ4n) is 3.93. The third kappa shape index (κ3) is 2.78. The normalized spacial score (nSPS) is 16.8. The van der Waals surface area contributed by atoms with E-state index in [4.69, 9.17) is 5.73 Å². The lowest BCUT2D eigenvalue weighted by molar-refractivity contribution is -0.142. The fourth-order valence-corrected chi connectivity index (χ4v) is 3.93. The van der Waals surface area contributed by atoms with Crippen LogP contribution < -0.4 is 5.73 Å². The second-order valence-corrected chi connectivity index (χ2v) is 7.05. The third-order valence-electron chi connectivity index (χ3n) is 5.30. The van der Waals surface area contributed by atoms with Crippen molar-refractivity contribution in [2.24, 2.45) is 5.92 Å². The van der Waals surface area contributed by atoms with E-state index >= 15 is 0 Å². The van der Waals surface area contributed by atoms with E-state index in [9.17, 15) is 9.90 Å². The second kappa shape index (κ2) is 5.96. The Labute approximate surface area is 146 Å². The Hall–Kier alpha value is -2.75. The molecule has 0 aliphatic heterocycles. The summed E-state index contributed by atoms with van der Waals surface area (Å²) in [5.74, 6) is -0.999. The molecule has 3 aromatic rings. The number of rotatable bonds is 3. The third-order valence-corrected chi connectivity index (χ3v) is 5.30. The Morgan fingerprint density at radius 2 is 2.00 bits per heavy atom. The molecule has 3 N–H and O–H groups in total. The van der Waals surface area contributed by atoms with Gasteiger partial charge in [0.25, 0.3) is 0 Å². The van der Waals surface area contributed by atoms with E-state index in [1.807, 2.05) is 12.1 Å². The first-order valence-electron chi connectivity index (χ1n) is 8.71. The van der Waals surface area contributed by atoms with Crippen molar-refractivity contribution in [1.82, 2.24) is 4.57 Å². The molecule has 1 heterocycles. The molecule has 1 aliphatic carbocycles. The molecule has 1 aromatic heterocycles. The van der Waals surface area contributed by atoms with E-state index in [0.717, 1.165) is 35.1 Å². The maximum atomic E-state index is 11.5. The van der Waals surface area contributed by atoms with Crippen LogP contribution in [0.3, 0.4) is 0 Å². The van der Waals surface area contributed by atoms with E-state index in [-0.39, 0.29) is 5.92 Å². The average molecular weight is 334 g/mol. The highest BCUT2D eigenvalue weighted by atomic mass is 16.4. The predicted molar refractivity (Wildman–Crippen MR) is 99.8 cm³/mol. The Morgan fingerprint density at radius 3 is 2.72 bits per heavy atom. The minimum Gasteiger partial charge on any atom is -0.481 e. The van der Waals surface area contributed by atoms with Crippen molar-refractivity contribution < 1.29 is 9.90 Å². The summed E-state index contributed by atoms with van der Waals surface area (Å²) < 4.78 is 2.34. The zero-order chi connectivity index (χ0) is 17.6. The van der Waals surface area contributed by atoms with Gasteiger partial charge in [0, 0.05) is 28.8 Å². The molecule has 25 heavy (non-hydrogen) atoms. The van der Waals surface area contributed by atoms with Crippen LogP contribution in [0.4, 0.5) is 5.69 Å². The first-order chi connectivity index (χ1) is 12.0. The summed E-state index contributed by atoms with van der Waals surface area (Å²) in [6, 6.07) is 14.6. The van der Waals surface area contributed by atoms with Crippen LogP contribution in [0, 0.1) is 12.8 Å². The lowest BCUT2D eigenvalue weighted by atomic mass is 9.86. The second-order valence-electron chi connectivity index (χ2n) is 7.05. The van der Waals surface area contributed by atoms with Crippen LogP contribution in [-0.4, -0.2) is 15.6 Å². The number of carboxylic acids is 1. The van der Waals surface area contributed by atoms with Gasteiger partial charge in [0.15, 0.2) is 0 Å². The van der Waals surface area contributed by atoms with Gasteiger partial charge < -0.3 is 15.4 Å².